The molecule has 1 atom stereocenters. The summed E-state index contributed by atoms with van der Waals surface area (Å²) >= 11 is 0. The molecule has 76 valence electrons. The molecule has 2 N–H and O–H groups in total. The van der Waals surface area contributed by atoms with Crippen molar-refractivity contribution in [3.05, 3.63) is 34.9 Å². The molecular weight excluding hydrogens is 184 g/mol. The van der Waals surface area contributed by atoms with Crippen molar-refractivity contribution in [2.45, 2.75) is 25.2 Å². The van der Waals surface area contributed by atoms with Crippen LogP contribution in [0.25, 0.3) is 0 Å². The maximum absolute atomic E-state index is 13.5. The van der Waals surface area contributed by atoms with Crippen LogP contribution in [0.15, 0.2) is 12.1 Å². The van der Waals surface area contributed by atoms with Crippen molar-refractivity contribution in [1.29, 1.82) is 0 Å². The van der Waals surface area contributed by atoms with Gasteiger partial charge in [-0.25, -0.2) is 8.78 Å². The van der Waals surface area contributed by atoms with Gasteiger partial charge >= 0.3 is 0 Å². The Kier molecular flexibility index (Phi) is 2.50. The van der Waals surface area contributed by atoms with Crippen LogP contribution in [-0.2, 0) is 6.42 Å². The van der Waals surface area contributed by atoms with Crippen molar-refractivity contribution in [3.63, 3.8) is 0 Å². The molecule has 1 aromatic carbocycles. The van der Waals surface area contributed by atoms with Crippen LogP contribution in [0, 0.1) is 11.6 Å². The molecule has 0 spiro atoms. The van der Waals surface area contributed by atoms with Gasteiger partial charge in [-0.05, 0) is 48.9 Å². The van der Waals surface area contributed by atoms with Crippen LogP contribution < -0.4 is 5.73 Å². The summed E-state index contributed by atoms with van der Waals surface area (Å²) in [5.41, 5.74) is 7.00. The number of nitrogens with two attached hydrogens (primary N) is 1. The highest BCUT2D eigenvalue weighted by Crippen LogP contribution is 2.33. The van der Waals surface area contributed by atoms with Crippen molar-refractivity contribution in [1.82, 2.24) is 0 Å². The van der Waals surface area contributed by atoms with Crippen molar-refractivity contribution in [2.24, 2.45) is 5.73 Å². The zero-order chi connectivity index (χ0) is 10.1. The minimum absolute atomic E-state index is 0.0688. The predicted octanol–water partition coefficient (Wildman–Crippen LogP) is 2.34. The lowest BCUT2D eigenvalue weighted by atomic mass is 9.82. The fourth-order valence-corrected chi connectivity index (χ4v) is 2.22. The Hall–Kier alpha value is -0.960. The van der Waals surface area contributed by atoms with Crippen molar-refractivity contribution in [2.75, 3.05) is 6.54 Å². The largest absolute Gasteiger partial charge is 0.330 e. The van der Waals surface area contributed by atoms with Gasteiger partial charge in [0, 0.05) is 6.07 Å². The van der Waals surface area contributed by atoms with Crippen LogP contribution in [0.1, 0.15) is 29.9 Å². The maximum atomic E-state index is 13.5. The number of aryl methyl sites for hydroxylation is 1. The van der Waals surface area contributed by atoms with Gasteiger partial charge in [0.1, 0.15) is 11.6 Å². The van der Waals surface area contributed by atoms with Crippen LogP contribution in [0.2, 0.25) is 0 Å². The molecule has 0 aromatic heterocycles. The van der Waals surface area contributed by atoms with Crippen LogP contribution in [0.4, 0.5) is 8.78 Å². The van der Waals surface area contributed by atoms with Gasteiger partial charge in [0.05, 0.1) is 0 Å². The SMILES string of the molecule is NCC1CCCc2cc(F)cc(F)c21. The molecule has 1 aliphatic carbocycles. The van der Waals surface area contributed by atoms with Gasteiger partial charge < -0.3 is 5.73 Å². The van der Waals surface area contributed by atoms with E-state index in [0.717, 1.165) is 30.9 Å². The first-order valence-corrected chi connectivity index (χ1v) is 4.90. The highest BCUT2D eigenvalue weighted by atomic mass is 19.1. The number of benzene rings is 1. The van der Waals surface area contributed by atoms with Gasteiger partial charge in [-0.15, -0.1) is 0 Å². The van der Waals surface area contributed by atoms with E-state index in [2.05, 4.69) is 0 Å². The lowest BCUT2D eigenvalue weighted by molar-refractivity contribution is 0.500. The van der Waals surface area contributed by atoms with Gasteiger partial charge in [-0.3, -0.25) is 0 Å². The molecule has 1 aromatic rings. The number of rotatable bonds is 1. The average Bonchev–Trinajstić information content (AvgIpc) is 2.16. The van der Waals surface area contributed by atoms with Gasteiger partial charge in [0.15, 0.2) is 0 Å². The summed E-state index contributed by atoms with van der Waals surface area (Å²) in [5, 5.41) is 0. The molecule has 0 aliphatic heterocycles. The van der Waals surface area contributed by atoms with E-state index in [1.165, 1.54) is 6.07 Å². The van der Waals surface area contributed by atoms with E-state index in [0.29, 0.717) is 12.1 Å². The van der Waals surface area contributed by atoms with Gasteiger partial charge in [0.25, 0.3) is 0 Å². The summed E-state index contributed by atoms with van der Waals surface area (Å²) in [5.74, 6) is -0.853. The molecule has 0 bridgehead atoms. The van der Waals surface area contributed by atoms with Crippen molar-refractivity contribution < 1.29 is 8.78 Å². The third kappa shape index (κ3) is 1.52. The summed E-state index contributed by atoms with van der Waals surface area (Å²) in [6, 6.07) is 2.38. The standard InChI is InChI=1S/C11H13F2N/c12-9-4-7-2-1-3-8(6-14)11(7)10(13)5-9/h4-5,8H,1-3,6,14H2. The number of hydrogen-bond donors (Lipinski definition) is 1. The third-order valence-electron chi connectivity index (χ3n) is 2.87. The molecule has 0 amide bonds. The third-order valence-corrected chi connectivity index (χ3v) is 2.87. The van der Waals surface area contributed by atoms with Crippen LogP contribution in [-0.4, -0.2) is 6.54 Å². The van der Waals surface area contributed by atoms with E-state index in [1.807, 2.05) is 0 Å². The van der Waals surface area contributed by atoms with Crippen molar-refractivity contribution in [3.8, 4) is 0 Å². The molecule has 1 aliphatic rings. The topological polar surface area (TPSA) is 26.0 Å². The second kappa shape index (κ2) is 3.65. The summed E-state index contributed by atoms with van der Waals surface area (Å²) < 4.78 is 26.4. The number of halogens is 2. The summed E-state index contributed by atoms with van der Waals surface area (Å²) in [4.78, 5) is 0. The lowest BCUT2D eigenvalue weighted by Gasteiger charge is -2.24. The molecule has 3 heteroatoms. The fraction of sp³-hybridized carbons (Fsp3) is 0.455. The fourth-order valence-electron chi connectivity index (χ4n) is 2.22. The first-order chi connectivity index (χ1) is 6.72. The smallest absolute Gasteiger partial charge is 0.129 e. The molecule has 0 radical (unpaired) electrons. The summed E-state index contributed by atoms with van der Waals surface area (Å²) in [7, 11) is 0. The van der Waals surface area contributed by atoms with E-state index >= 15 is 0 Å². The van der Waals surface area contributed by atoms with Gasteiger partial charge in [0.2, 0.25) is 0 Å². The molecule has 0 saturated carbocycles. The van der Waals surface area contributed by atoms with Gasteiger partial charge in [-0.1, -0.05) is 0 Å². The molecule has 0 heterocycles. The Morgan fingerprint density at radius 1 is 1.36 bits per heavy atom. The Morgan fingerprint density at radius 3 is 2.86 bits per heavy atom. The van der Waals surface area contributed by atoms with E-state index in [-0.39, 0.29) is 5.92 Å². The van der Waals surface area contributed by atoms with E-state index < -0.39 is 11.6 Å². The Balaban J connectivity index is 2.51. The molecule has 1 nitrogen and oxygen atoms in total. The van der Waals surface area contributed by atoms with Gasteiger partial charge in [-0.2, -0.15) is 0 Å². The molecule has 2 rings (SSSR count). The molecule has 0 fully saturated rings. The van der Waals surface area contributed by atoms with Crippen LogP contribution in [0.5, 0.6) is 0 Å². The molecule has 1 unspecified atom stereocenters. The van der Waals surface area contributed by atoms with E-state index in [4.69, 9.17) is 5.73 Å². The monoisotopic (exact) mass is 197 g/mol. The first kappa shape index (κ1) is 9.59. The zero-order valence-electron chi connectivity index (χ0n) is 7.89. The van der Waals surface area contributed by atoms with Crippen LogP contribution in [0.3, 0.4) is 0 Å². The summed E-state index contributed by atoms with van der Waals surface area (Å²) in [6.45, 7) is 0.440. The summed E-state index contributed by atoms with van der Waals surface area (Å²) in [6.07, 6.45) is 2.64. The highest BCUT2D eigenvalue weighted by Gasteiger charge is 2.23. The minimum atomic E-state index is -0.487. The van der Waals surface area contributed by atoms with E-state index in [9.17, 15) is 8.78 Å². The minimum Gasteiger partial charge on any atom is -0.330 e. The quantitative estimate of drug-likeness (QED) is 0.734. The number of fused-ring (bicyclic) bond motifs is 1. The molecule has 14 heavy (non-hydrogen) atoms. The second-order valence-electron chi connectivity index (χ2n) is 3.79. The Bertz CT molecular complexity index is 349. The molecule has 0 saturated heterocycles. The molecular formula is C11H13F2N. The zero-order valence-corrected chi connectivity index (χ0v) is 7.89. The first-order valence-electron chi connectivity index (χ1n) is 4.90. The normalized spacial score (nSPS) is 20.6. The maximum Gasteiger partial charge on any atom is 0.129 e. The van der Waals surface area contributed by atoms with E-state index in [1.54, 1.807) is 0 Å². The predicted molar refractivity (Wildman–Crippen MR) is 51.1 cm³/mol. The van der Waals surface area contributed by atoms with Crippen molar-refractivity contribution >= 4 is 0 Å². The average molecular weight is 197 g/mol. The number of hydrogen-bond acceptors (Lipinski definition) is 1. The Labute approximate surface area is 81.9 Å². The Morgan fingerprint density at radius 2 is 2.14 bits per heavy atom. The second-order valence-corrected chi connectivity index (χ2v) is 3.79. The van der Waals surface area contributed by atoms with Crippen LogP contribution >= 0.6 is 0 Å². The highest BCUT2D eigenvalue weighted by molar-refractivity contribution is 5.34. The lowest BCUT2D eigenvalue weighted by Crippen LogP contribution is -2.20.